The molecule has 0 bridgehead atoms. The molecule has 134 valence electrons. The summed E-state index contributed by atoms with van der Waals surface area (Å²) in [5.41, 5.74) is 6.83. The van der Waals surface area contributed by atoms with Crippen LogP contribution in [0.15, 0.2) is 30.5 Å². The van der Waals surface area contributed by atoms with Gasteiger partial charge < -0.3 is 5.73 Å². The van der Waals surface area contributed by atoms with Crippen LogP contribution in [0.3, 0.4) is 0 Å². The Labute approximate surface area is 162 Å². The van der Waals surface area contributed by atoms with Crippen LogP contribution < -0.4 is 5.73 Å². The lowest BCUT2D eigenvalue weighted by molar-refractivity contribution is -0.124. The third-order valence-electron chi connectivity index (χ3n) is 3.28. The van der Waals surface area contributed by atoms with Crippen LogP contribution in [0.5, 0.6) is 0 Å². The summed E-state index contributed by atoms with van der Waals surface area (Å²) >= 11 is 24.2. The van der Waals surface area contributed by atoms with Crippen LogP contribution in [-0.2, 0) is 6.54 Å². The van der Waals surface area contributed by atoms with E-state index in [1.165, 1.54) is 24.4 Å². The third-order valence-corrected chi connectivity index (χ3v) is 4.90. The summed E-state index contributed by atoms with van der Waals surface area (Å²) < 4.78 is 38.2. The molecule has 25 heavy (non-hydrogen) atoms. The molecule has 2 nitrogen and oxygen atoms in total. The second-order valence-corrected chi connectivity index (χ2v) is 6.58. The van der Waals surface area contributed by atoms with Gasteiger partial charge in [0.15, 0.2) is 0 Å². The number of halogens is 7. The number of hydrogen-bond acceptors (Lipinski definition) is 2. The zero-order chi connectivity index (χ0) is 18.8. The molecule has 0 aliphatic carbocycles. The third kappa shape index (κ3) is 5.02. The molecule has 2 rings (SSSR count). The summed E-state index contributed by atoms with van der Waals surface area (Å²) in [6.07, 6.45) is -3.11. The van der Waals surface area contributed by atoms with Crippen molar-refractivity contribution in [2.24, 2.45) is 5.73 Å². The smallest absolute Gasteiger partial charge is 0.325 e. The second kappa shape index (κ2) is 8.14. The summed E-state index contributed by atoms with van der Waals surface area (Å²) in [5, 5.41) is 0.518. The van der Waals surface area contributed by atoms with Gasteiger partial charge in [0.2, 0.25) is 0 Å². The summed E-state index contributed by atoms with van der Waals surface area (Å²) in [5.74, 6) is 0. The van der Waals surface area contributed by atoms with Gasteiger partial charge in [-0.1, -0.05) is 52.5 Å². The van der Waals surface area contributed by atoms with Crippen molar-refractivity contribution in [1.82, 2.24) is 4.98 Å². The number of benzene rings is 1. The zero-order valence-electron chi connectivity index (χ0n) is 12.5. The molecule has 1 aromatic heterocycles. The average Bonchev–Trinajstić information content (AvgIpc) is 2.53. The van der Waals surface area contributed by atoms with Crippen molar-refractivity contribution < 1.29 is 13.2 Å². The maximum atomic E-state index is 12.7. The lowest BCUT2D eigenvalue weighted by atomic mass is 9.96. The van der Waals surface area contributed by atoms with E-state index in [0.29, 0.717) is 16.8 Å². The molecule has 0 saturated carbocycles. The van der Waals surface area contributed by atoms with Crippen LogP contribution in [0.1, 0.15) is 23.2 Å². The molecule has 0 atom stereocenters. The van der Waals surface area contributed by atoms with Gasteiger partial charge in [-0.05, 0) is 29.3 Å². The van der Waals surface area contributed by atoms with Crippen LogP contribution in [0, 0.1) is 0 Å². The highest BCUT2D eigenvalue weighted by Gasteiger charge is 2.26. The van der Waals surface area contributed by atoms with Crippen LogP contribution in [-0.4, -0.2) is 11.2 Å². The number of alkyl halides is 3. The Bertz CT molecular complexity index is 797. The quantitative estimate of drug-likeness (QED) is 0.560. The predicted octanol–water partition coefficient (Wildman–Crippen LogP) is 6.54. The number of allylic oxidation sites excluding steroid dienone is 1. The molecule has 0 unspecified atom stereocenters. The number of nitrogens with zero attached hydrogens (tertiary/aromatic N) is 1. The molecule has 1 aromatic carbocycles. The molecule has 0 amide bonds. The predicted molar refractivity (Wildman–Crippen MR) is 96.4 cm³/mol. The molecule has 2 N–H and O–H groups in total. The Morgan fingerprint density at radius 2 is 1.68 bits per heavy atom. The van der Waals surface area contributed by atoms with Crippen molar-refractivity contribution in [2.75, 3.05) is 0 Å². The van der Waals surface area contributed by atoms with Gasteiger partial charge in [-0.25, -0.2) is 0 Å². The number of aromatic nitrogens is 1. The number of nitrogens with two attached hydrogens (primary N) is 1. The summed E-state index contributed by atoms with van der Waals surface area (Å²) in [7, 11) is 0. The summed E-state index contributed by atoms with van der Waals surface area (Å²) in [4.78, 5) is 4.01. The molecule has 0 spiro atoms. The molecule has 0 radical (unpaired) electrons. The van der Waals surface area contributed by atoms with Gasteiger partial charge in [-0.3, -0.25) is 4.98 Å². The molecule has 1 heterocycles. The number of pyridine rings is 1. The van der Waals surface area contributed by atoms with E-state index in [9.17, 15) is 13.2 Å². The minimum atomic E-state index is -4.39. The van der Waals surface area contributed by atoms with Gasteiger partial charge in [-0.15, -0.1) is 0 Å². The van der Waals surface area contributed by atoms with Crippen molar-refractivity contribution in [3.8, 4) is 0 Å². The van der Waals surface area contributed by atoms with Crippen LogP contribution in [0.4, 0.5) is 13.2 Å². The Morgan fingerprint density at radius 1 is 1.08 bits per heavy atom. The van der Waals surface area contributed by atoms with E-state index in [1.54, 1.807) is 0 Å². The molecular formula is C16H11Cl4F3N2. The first kappa shape index (κ1) is 20.3. The number of hydrogen-bond donors (Lipinski definition) is 1. The van der Waals surface area contributed by atoms with Crippen LogP contribution >= 0.6 is 46.4 Å². The Morgan fingerprint density at radius 3 is 2.20 bits per heavy atom. The fourth-order valence-electron chi connectivity index (χ4n) is 2.15. The molecular weight excluding hydrogens is 419 g/mol. The minimum absolute atomic E-state index is 0.0430. The highest BCUT2D eigenvalue weighted by Crippen LogP contribution is 2.38. The maximum Gasteiger partial charge on any atom is 0.392 e. The van der Waals surface area contributed by atoms with E-state index in [0.717, 1.165) is 6.08 Å². The van der Waals surface area contributed by atoms with E-state index >= 15 is 0 Å². The molecule has 0 aliphatic heterocycles. The zero-order valence-corrected chi connectivity index (χ0v) is 15.5. The molecule has 0 fully saturated rings. The van der Waals surface area contributed by atoms with Crippen LogP contribution in [0.2, 0.25) is 20.1 Å². The van der Waals surface area contributed by atoms with Crippen molar-refractivity contribution in [3.05, 3.63) is 67.4 Å². The SMILES string of the molecule is NCc1nccc(/C(=C/CC(F)(F)F)c2cc(Cl)c(Cl)c(Cl)c2)c1Cl. The Hall–Kier alpha value is -0.980. The molecule has 0 saturated heterocycles. The van der Waals surface area contributed by atoms with Crippen molar-refractivity contribution >= 4 is 52.0 Å². The fraction of sp³-hybridized carbons (Fsp3) is 0.188. The second-order valence-electron chi connectivity index (χ2n) is 5.01. The molecule has 2 aromatic rings. The van der Waals surface area contributed by atoms with E-state index in [-0.39, 0.29) is 32.2 Å². The van der Waals surface area contributed by atoms with Crippen LogP contribution in [0.25, 0.3) is 5.57 Å². The molecule has 9 heteroatoms. The Kier molecular flexibility index (Phi) is 6.62. The van der Waals surface area contributed by atoms with Gasteiger partial charge >= 0.3 is 6.18 Å². The highest BCUT2D eigenvalue weighted by molar-refractivity contribution is 6.48. The monoisotopic (exact) mass is 428 g/mol. The maximum absolute atomic E-state index is 12.7. The first-order valence-corrected chi connectivity index (χ1v) is 8.41. The highest BCUT2D eigenvalue weighted by atomic mass is 35.5. The van der Waals surface area contributed by atoms with Gasteiger partial charge in [0.05, 0.1) is 32.2 Å². The summed E-state index contributed by atoms with van der Waals surface area (Å²) in [6, 6.07) is 4.35. The number of rotatable bonds is 4. The van der Waals surface area contributed by atoms with Gasteiger partial charge in [-0.2, -0.15) is 13.2 Å². The lowest BCUT2D eigenvalue weighted by Crippen LogP contribution is -2.06. The average molecular weight is 430 g/mol. The minimum Gasteiger partial charge on any atom is -0.325 e. The van der Waals surface area contributed by atoms with E-state index in [2.05, 4.69) is 4.98 Å². The topological polar surface area (TPSA) is 38.9 Å². The van der Waals surface area contributed by atoms with Crippen molar-refractivity contribution in [2.45, 2.75) is 19.1 Å². The van der Waals surface area contributed by atoms with E-state index in [4.69, 9.17) is 52.1 Å². The van der Waals surface area contributed by atoms with Crippen molar-refractivity contribution in [3.63, 3.8) is 0 Å². The normalized spacial score (nSPS) is 12.6. The lowest BCUT2D eigenvalue weighted by Gasteiger charge is -2.14. The largest absolute Gasteiger partial charge is 0.392 e. The van der Waals surface area contributed by atoms with Crippen molar-refractivity contribution in [1.29, 1.82) is 0 Å². The Balaban J connectivity index is 2.67. The van der Waals surface area contributed by atoms with E-state index < -0.39 is 12.6 Å². The first-order valence-electron chi connectivity index (χ1n) is 6.89. The summed E-state index contributed by atoms with van der Waals surface area (Å²) in [6.45, 7) is 0.0430. The van der Waals surface area contributed by atoms with E-state index in [1.807, 2.05) is 0 Å². The van der Waals surface area contributed by atoms with Gasteiger partial charge in [0.1, 0.15) is 0 Å². The van der Waals surface area contributed by atoms with Gasteiger partial charge in [0, 0.05) is 18.3 Å². The molecule has 0 aliphatic rings. The fourth-order valence-corrected chi connectivity index (χ4v) is 3.04. The van der Waals surface area contributed by atoms with Gasteiger partial charge in [0.25, 0.3) is 0 Å². The standard InChI is InChI=1S/C16H11Cl4F3N2/c17-11-5-8(6-12(18)15(11)20)9(1-3-16(21,22)23)10-2-4-25-13(7-24)14(10)19/h1-2,4-6H,3,7,24H2/b9-1+. The first-order chi connectivity index (χ1) is 11.6.